The summed E-state index contributed by atoms with van der Waals surface area (Å²) in [6.45, 7) is 13.7. The van der Waals surface area contributed by atoms with E-state index >= 15 is 0 Å². The third kappa shape index (κ3) is 2.77. The van der Waals surface area contributed by atoms with Crippen molar-refractivity contribution >= 4 is 0 Å². The summed E-state index contributed by atoms with van der Waals surface area (Å²) in [6.07, 6.45) is 5.47. The third-order valence-corrected chi connectivity index (χ3v) is 6.05. The zero-order chi connectivity index (χ0) is 14.8. The quantitative estimate of drug-likeness (QED) is 0.777. The van der Waals surface area contributed by atoms with Crippen LogP contribution in [0, 0.1) is 10.8 Å². The predicted molar refractivity (Wildman–Crippen MR) is 85.1 cm³/mol. The molecule has 20 heavy (non-hydrogen) atoms. The number of nitrogens with one attached hydrogen (secondary N) is 1. The second-order valence-electron chi connectivity index (χ2n) is 7.29. The molecule has 118 valence electrons. The fourth-order valence-corrected chi connectivity index (χ4v) is 4.67. The smallest absolute Gasteiger partial charge is 0.0661 e. The van der Waals surface area contributed by atoms with Crippen LogP contribution in [0.2, 0.25) is 0 Å². The summed E-state index contributed by atoms with van der Waals surface area (Å²) in [7, 11) is 2.33. The maximum atomic E-state index is 6.01. The molecule has 3 unspecified atom stereocenters. The molecule has 2 rings (SSSR count). The van der Waals surface area contributed by atoms with Crippen molar-refractivity contribution in [2.75, 3.05) is 33.3 Å². The first-order chi connectivity index (χ1) is 9.51. The first-order valence-corrected chi connectivity index (χ1v) is 8.54. The van der Waals surface area contributed by atoms with Crippen molar-refractivity contribution in [1.29, 1.82) is 0 Å². The molecular formula is C17H34N2O. The number of nitrogens with zero attached hydrogens (tertiary/aromatic N) is 1. The molecule has 2 aliphatic rings. The summed E-state index contributed by atoms with van der Waals surface area (Å²) in [5.41, 5.74) is 0.839. The first kappa shape index (κ1) is 16.3. The number of rotatable bonds is 7. The highest BCUT2D eigenvalue weighted by molar-refractivity contribution is 5.07. The van der Waals surface area contributed by atoms with Crippen LogP contribution in [-0.2, 0) is 4.74 Å². The molecule has 0 radical (unpaired) electrons. The minimum absolute atomic E-state index is 0.382. The second-order valence-corrected chi connectivity index (χ2v) is 7.29. The fraction of sp³-hybridized carbons (Fsp3) is 1.00. The van der Waals surface area contributed by atoms with Gasteiger partial charge in [0.2, 0.25) is 0 Å². The fourth-order valence-electron chi connectivity index (χ4n) is 4.67. The number of hydrogen-bond donors (Lipinski definition) is 1. The van der Waals surface area contributed by atoms with Gasteiger partial charge in [0, 0.05) is 31.2 Å². The van der Waals surface area contributed by atoms with Gasteiger partial charge in [-0.3, -0.25) is 0 Å². The molecule has 0 aromatic rings. The van der Waals surface area contributed by atoms with E-state index in [0.29, 0.717) is 23.0 Å². The largest absolute Gasteiger partial charge is 0.378 e. The van der Waals surface area contributed by atoms with E-state index in [1.54, 1.807) is 0 Å². The van der Waals surface area contributed by atoms with Gasteiger partial charge in [0.15, 0.2) is 0 Å². The van der Waals surface area contributed by atoms with Crippen LogP contribution in [0.15, 0.2) is 0 Å². The first-order valence-electron chi connectivity index (χ1n) is 8.54. The predicted octanol–water partition coefficient (Wildman–Crippen LogP) is 2.90. The van der Waals surface area contributed by atoms with Crippen LogP contribution >= 0.6 is 0 Å². The molecule has 0 aromatic heterocycles. The van der Waals surface area contributed by atoms with Crippen LogP contribution in [0.3, 0.4) is 0 Å². The van der Waals surface area contributed by atoms with Crippen molar-refractivity contribution in [3.05, 3.63) is 0 Å². The molecule has 0 amide bonds. The summed E-state index contributed by atoms with van der Waals surface area (Å²) < 4.78 is 6.01. The molecule has 0 bridgehead atoms. The molecular weight excluding hydrogens is 248 g/mol. The minimum Gasteiger partial charge on any atom is -0.378 e. The molecule has 3 atom stereocenters. The number of ether oxygens (including phenoxy) is 1. The lowest BCUT2D eigenvalue weighted by atomic mass is 9.58. The Bertz CT molecular complexity index is 308. The molecule has 1 N–H and O–H groups in total. The van der Waals surface area contributed by atoms with Crippen molar-refractivity contribution in [2.45, 2.75) is 65.5 Å². The van der Waals surface area contributed by atoms with Gasteiger partial charge < -0.3 is 15.0 Å². The van der Waals surface area contributed by atoms with Crippen LogP contribution in [0.4, 0.5) is 0 Å². The summed E-state index contributed by atoms with van der Waals surface area (Å²) in [5, 5.41) is 3.52. The summed E-state index contributed by atoms with van der Waals surface area (Å²) in [6, 6.07) is 0.700. The van der Waals surface area contributed by atoms with Crippen LogP contribution in [0.25, 0.3) is 0 Å². The van der Waals surface area contributed by atoms with E-state index in [-0.39, 0.29) is 0 Å². The van der Waals surface area contributed by atoms with E-state index in [1.807, 2.05) is 0 Å². The third-order valence-electron chi connectivity index (χ3n) is 6.05. The van der Waals surface area contributed by atoms with Crippen LogP contribution in [-0.4, -0.2) is 50.3 Å². The van der Waals surface area contributed by atoms with Gasteiger partial charge in [-0.05, 0) is 51.6 Å². The summed E-state index contributed by atoms with van der Waals surface area (Å²) in [4.78, 5) is 2.63. The van der Waals surface area contributed by atoms with Gasteiger partial charge >= 0.3 is 0 Å². The maximum absolute atomic E-state index is 6.01. The van der Waals surface area contributed by atoms with E-state index in [9.17, 15) is 0 Å². The highest BCUT2D eigenvalue weighted by atomic mass is 16.5. The Morgan fingerprint density at radius 1 is 1.25 bits per heavy atom. The van der Waals surface area contributed by atoms with Crippen LogP contribution in [0.5, 0.6) is 0 Å². The topological polar surface area (TPSA) is 24.5 Å². The maximum Gasteiger partial charge on any atom is 0.0661 e. The molecule has 0 aromatic carbocycles. The average Bonchev–Trinajstić information content (AvgIpc) is 2.82. The molecule has 3 heteroatoms. The van der Waals surface area contributed by atoms with Gasteiger partial charge in [-0.2, -0.15) is 0 Å². The summed E-state index contributed by atoms with van der Waals surface area (Å²) >= 11 is 0. The number of hydrogen-bond acceptors (Lipinski definition) is 3. The van der Waals surface area contributed by atoms with Gasteiger partial charge in [0.05, 0.1) is 6.10 Å². The highest BCUT2D eigenvalue weighted by Crippen LogP contribution is 2.51. The Balaban J connectivity index is 2.00. The van der Waals surface area contributed by atoms with Gasteiger partial charge in [0.25, 0.3) is 0 Å². The molecule has 1 saturated heterocycles. The van der Waals surface area contributed by atoms with Crippen LogP contribution < -0.4 is 5.32 Å². The SMILES string of the molecule is CCOC1CC(N(C)CC2(C)CCNC2)C1(CC)CC. The Kier molecular flexibility index (Phi) is 5.14. The standard InChI is InChI=1S/C17H34N2O/c1-6-17(7-2)14(11-15(17)20-8-3)19(5)13-16(4)9-10-18-12-16/h14-15,18H,6-13H2,1-5H3. The van der Waals surface area contributed by atoms with Crippen molar-refractivity contribution in [3.63, 3.8) is 0 Å². The van der Waals surface area contributed by atoms with Gasteiger partial charge in [-0.1, -0.05) is 20.8 Å². The normalized spacial score (nSPS) is 36.3. The van der Waals surface area contributed by atoms with Crippen molar-refractivity contribution in [1.82, 2.24) is 10.2 Å². The Morgan fingerprint density at radius 2 is 1.95 bits per heavy atom. The van der Waals surface area contributed by atoms with Crippen molar-refractivity contribution in [3.8, 4) is 0 Å². The second kappa shape index (κ2) is 6.33. The molecule has 1 heterocycles. The molecule has 3 nitrogen and oxygen atoms in total. The zero-order valence-corrected chi connectivity index (χ0v) is 14.2. The van der Waals surface area contributed by atoms with E-state index in [4.69, 9.17) is 4.74 Å². The van der Waals surface area contributed by atoms with E-state index in [2.05, 4.69) is 45.0 Å². The highest BCUT2D eigenvalue weighted by Gasteiger charge is 2.55. The van der Waals surface area contributed by atoms with Gasteiger partial charge in [0.1, 0.15) is 0 Å². The Hall–Kier alpha value is -0.120. The monoisotopic (exact) mass is 282 g/mol. The Labute approximate surface area is 125 Å². The van der Waals surface area contributed by atoms with Crippen molar-refractivity contribution in [2.24, 2.45) is 10.8 Å². The lowest BCUT2D eigenvalue weighted by molar-refractivity contribution is -0.170. The van der Waals surface area contributed by atoms with E-state index in [0.717, 1.165) is 6.61 Å². The van der Waals surface area contributed by atoms with E-state index in [1.165, 1.54) is 45.3 Å². The summed E-state index contributed by atoms with van der Waals surface area (Å²) in [5.74, 6) is 0. The lowest BCUT2D eigenvalue weighted by Crippen LogP contribution is -2.64. The minimum atomic E-state index is 0.382. The zero-order valence-electron chi connectivity index (χ0n) is 14.2. The van der Waals surface area contributed by atoms with Gasteiger partial charge in [-0.25, -0.2) is 0 Å². The molecule has 1 aliphatic carbocycles. The Morgan fingerprint density at radius 3 is 2.45 bits per heavy atom. The lowest BCUT2D eigenvalue weighted by Gasteiger charge is -2.59. The average molecular weight is 282 g/mol. The van der Waals surface area contributed by atoms with E-state index < -0.39 is 0 Å². The molecule has 2 fully saturated rings. The van der Waals surface area contributed by atoms with Crippen LogP contribution in [0.1, 0.15) is 53.4 Å². The van der Waals surface area contributed by atoms with Crippen molar-refractivity contribution < 1.29 is 4.74 Å². The molecule has 0 spiro atoms. The molecule has 1 aliphatic heterocycles. The van der Waals surface area contributed by atoms with Gasteiger partial charge in [-0.15, -0.1) is 0 Å². The molecule has 1 saturated carbocycles.